The van der Waals surface area contributed by atoms with Crippen LogP contribution in [0.4, 0.5) is 10.1 Å². The zero-order valence-corrected chi connectivity index (χ0v) is 23.5. The summed E-state index contributed by atoms with van der Waals surface area (Å²) >= 11 is 6.18. The lowest BCUT2D eigenvalue weighted by Gasteiger charge is -2.33. The quantitative estimate of drug-likeness (QED) is 0.340. The minimum Gasteiger partial charge on any atom is -0.497 e. The fourth-order valence-electron chi connectivity index (χ4n) is 4.03. The van der Waals surface area contributed by atoms with Gasteiger partial charge in [-0.05, 0) is 73.5 Å². The van der Waals surface area contributed by atoms with Gasteiger partial charge in [-0.2, -0.15) is 0 Å². The standard InChI is InChI=1S/C28H31ClFN3O5S/c1-4-26(28(35)31-5-2)32(18-20-9-11-22(30)12-10-20)27(34)19-33(23-8-6-7-21(29)17-23)39(36,37)25-15-13-24(38-3)14-16-25/h6-17,26H,4-5,18-19H2,1-3H3,(H,31,35)/t26-/m1/s1. The van der Waals surface area contributed by atoms with Crippen LogP contribution in [0.1, 0.15) is 25.8 Å². The van der Waals surface area contributed by atoms with Gasteiger partial charge in [-0.1, -0.05) is 36.7 Å². The number of carbonyl (C=O) groups is 2. The zero-order chi connectivity index (χ0) is 28.6. The molecule has 0 aliphatic rings. The van der Waals surface area contributed by atoms with Crippen molar-refractivity contribution in [3.63, 3.8) is 0 Å². The molecular formula is C28H31ClFN3O5S. The van der Waals surface area contributed by atoms with Crippen LogP contribution in [0, 0.1) is 5.82 Å². The Kier molecular flexibility index (Phi) is 10.3. The molecule has 3 aromatic rings. The maximum Gasteiger partial charge on any atom is 0.264 e. The molecule has 2 amide bonds. The molecule has 0 saturated heterocycles. The molecule has 0 aliphatic heterocycles. The highest BCUT2D eigenvalue weighted by molar-refractivity contribution is 7.92. The number of rotatable bonds is 12. The highest BCUT2D eigenvalue weighted by Gasteiger charge is 2.33. The van der Waals surface area contributed by atoms with Gasteiger partial charge >= 0.3 is 0 Å². The molecule has 3 rings (SSSR count). The van der Waals surface area contributed by atoms with E-state index in [1.807, 2.05) is 0 Å². The van der Waals surface area contributed by atoms with Crippen molar-refractivity contribution in [3.05, 3.63) is 89.2 Å². The molecule has 8 nitrogen and oxygen atoms in total. The molecule has 11 heteroatoms. The molecule has 0 aliphatic carbocycles. The van der Waals surface area contributed by atoms with E-state index in [4.69, 9.17) is 16.3 Å². The molecule has 0 fully saturated rings. The lowest BCUT2D eigenvalue weighted by atomic mass is 10.1. The van der Waals surface area contributed by atoms with E-state index >= 15 is 0 Å². The van der Waals surface area contributed by atoms with Crippen LogP contribution in [0.3, 0.4) is 0 Å². The van der Waals surface area contributed by atoms with Crippen molar-refractivity contribution in [2.45, 2.75) is 37.8 Å². The molecule has 0 saturated carbocycles. The summed E-state index contributed by atoms with van der Waals surface area (Å²) in [5, 5.41) is 3.02. The third-order valence-electron chi connectivity index (χ3n) is 6.03. The van der Waals surface area contributed by atoms with Crippen molar-refractivity contribution in [2.75, 3.05) is 24.5 Å². The molecule has 3 aromatic carbocycles. The predicted octanol–water partition coefficient (Wildman–Crippen LogP) is 4.63. The van der Waals surface area contributed by atoms with Crippen LogP contribution in [-0.2, 0) is 26.2 Å². The smallest absolute Gasteiger partial charge is 0.264 e. The number of ether oxygens (including phenoxy) is 1. The number of nitrogens with zero attached hydrogens (tertiary/aromatic N) is 2. The lowest BCUT2D eigenvalue weighted by Crippen LogP contribution is -2.52. The van der Waals surface area contributed by atoms with E-state index in [9.17, 15) is 22.4 Å². The first-order chi connectivity index (χ1) is 18.6. The molecule has 0 bridgehead atoms. The Balaban J connectivity index is 2.05. The van der Waals surface area contributed by atoms with E-state index in [1.165, 1.54) is 72.7 Å². The predicted molar refractivity (Wildman–Crippen MR) is 149 cm³/mol. The molecule has 1 N–H and O–H groups in total. The van der Waals surface area contributed by atoms with E-state index in [0.29, 0.717) is 17.9 Å². The monoisotopic (exact) mass is 575 g/mol. The van der Waals surface area contributed by atoms with Gasteiger partial charge < -0.3 is 15.0 Å². The number of halogens is 2. The van der Waals surface area contributed by atoms with Crippen molar-refractivity contribution in [3.8, 4) is 5.75 Å². The number of likely N-dealkylation sites (N-methyl/N-ethyl adjacent to an activating group) is 1. The van der Waals surface area contributed by atoms with Crippen molar-refractivity contribution >= 4 is 39.1 Å². The largest absolute Gasteiger partial charge is 0.497 e. The fraction of sp³-hybridized carbons (Fsp3) is 0.286. The highest BCUT2D eigenvalue weighted by atomic mass is 35.5. The van der Waals surface area contributed by atoms with Gasteiger partial charge in [0.15, 0.2) is 0 Å². The topological polar surface area (TPSA) is 96.0 Å². The Morgan fingerprint density at radius 2 is 1.69 bits per heavy atom. The third-order valence-corrected chi connectivity index (χ3v) is 8.05. The Labute approximate surface area is 233 Å². The Bertz CT molecular complexity index is 1390. The summed E-state index contributed by atoms with van der Waals surface area (Å²) in [6, 6.07) is 16.6. The van der Waals surface area contributed by atoms with Crippen LogP contribution in [0.5, 0.6) is 5.75 Å². The van der Waals surface area contributed by atoms with Gasteiger partial charge in [-0.25, -0.2) is 12.8 Å². The second-order valence-electron chi connectivity index (χ2n) is 8.63. The average Bonchev–Trinajstić information content (AvgIpc) is 2.92. The molecule has 0 spiro atoms. The number of hydrogen-bond acceptors (Lipinski definition) is 5. The Hall–Kier alpha value is -3.63. The van der Waals surface area contributed by atoms with E-state index < -0.39 is 34.3 Å². The molecule has 208 valence electrons. The maximum absolute atomic E-state index is 13.9. The maximum atomic E-state index is 13.9. The van der Waals surface area contributed by atoms with E-state index in [0.717, 1.165) is 4.31 Å². The molecule has 1 atom stereocenters. The number of anilines is 1. The fourth-order valence-corrected chi connectivity index (χ4v) is 5.62. The van der Waals surface area contributed by atoms with Crippen molar-refractivity contribution < 1.29 is 27.1 Å². The summed E-state index contributed by atoms with van der Waals surface area (Å²) in [7, 11) is -2.78. The average molecular weight is 576 g/mol. The van der Waals surface area contributed by atoms with Gasteiger partial charge in [0.25, 0.3) is 10.0 Å². The summed E-state index contributed by atoms with van der Waals surface area (Å²) in [5.74, 6) is -0.958. The van der Waals surface area contributed by atoms with Crippen molar-refractivity contribution in [1.82, 2.24) is 10.2 Å². The Morgan fingerprint density at radius 1 is 1.03 bits per heavy atom. The number of hydrogen-bond donors (Lipinski definition) is 1. The number of amides is 2. The van der Waals surface area contributed by atoms with Crippen LogP contribution in [0.25, 0.3) is 0 Å². The van der Waals surface area contributed by atoms with Crippen LogP contribution in [-0.4, -0.2) is 51.4 Å². The van der Waals surface area contributed by atoms with E-state index in [-0.39, 0.29) is 34.5 Å². The van der Waals surface area contributed by atoms with E-state index in [1.54, 1.807) is 26.0 Å². The van der Waals surface area contributed by atoms with Gasteiger partial charge in [0.1, 0.15) is 24.2 Å². The number of sulfonamides is 1. The molecule has 0 radical (unpaired) electrons. The molecule has 0 aromatic heterocycles. The first-order valence-electron chi connectivity index (χ1n) is 12.3. The second-order valence-corrected chi connectivity index (χ2v) is 10.9. The summed E-state index contributed by atoms with van der Waals surface area (Å²) in [4.78, 5) is 28.1. The normalized spacial score (nSPS) is 11.9. The minimum absolute atomic E-state index is 0.0271. The molecule has 0 unspecified atom stereocenters. The number of benzene rings is 3. The summed E-state index contributed by atoms with van der Waals surface area (Å²) in [6.45, 7) is 3.24. The first kappa shape index (κ1) is 29.9. The van der Waals surface area contributed by atoms with Crippen LogP contribution < -0.4 is 14.4 Å². The number of nitrogens with one attached hydrogen (secondary N) is 1. The molecule has 39 heavy (non-hydrogen) atoms. The van der Waals surface area contributed by atoms with Gasteiger partial charge in [0, 0.05) is 18.1 Å². The van der Waals surface area contributed by atoms with Crippen molar-refractivity contribution in [2.24, 2.45) is 0 Å². The van der Waals surface area contributed by atoms with Gasteiger partial charge in [-0.3, -0.25) is 13.9 Å². The van der Waals surface area contributed by atoms with E-state index in [2.05, 4.69) is 5.32 Å². The van der Waals surface area contributed by atoms with Crippen LogP contribution in [0.2, 0.25) is 5.02 Å². The van der Waals surface area contributed by atoms with Gasteiger partial charge in [0.2, 0.25) is 11.8 Å². The second kappa shape index (κ2) is 13.4. The highest BCUT2D eigenvalue weighted by Crippen LogP contribution is 2.28. The first-order valence-corrected chi connectivity index (χ1v) is 14.2. The van der Waals surface area contributed by atoms with Crippen LogP contribution in [0.15, 0.2) is 77.7 Å². The zero-order valence-electron chi connectivity index (χ0n) is 21.9. The minimum atomic E-state index is -4.24. The number of carbonyl (C=O) groups excluding carboxylic acids is 2. The van der Waals surface area contributed by atoms with Gasteiger partial charge in [0.05, 0.1) is 17.7 Å². The summed E-state index contributed by atoms with van der Waals surface area (Å²) in [5.41, 5.74) is 0.763. The molecule has 0 heterocycles. The molecular weight excluding hydrogens is 545 g/mol. The number of methoxy groups -OCH3 is 1. The van der Waals surface area contributed by atoms with Crippen molar-refractivity contribution in [1.29, 1.82) is 0 Å². The van der Waals surface area contributed by atoms with Gasteiger partial charge in [-0.15, -0.1) is 0 Å². The summed E-state index contributed by atoms with van der Waals surface area (Å²) in [6.07, 6.45) is 0.279. The Morgan fingerprint density at radius 3 is 2.26 bits per heavy atom. The van der Waals surface area contributed by atoms with Crippen LogP contribution >= 0.6 is 11.6 Å². The SMILES string of the molecule is CCNC(=O)[C@@H](CC)N(Cc1ccc(F)cc1)C(=O)CN(c1cccc(Cl)c1)S(=O)(=O)c1ccc(OC)cc1. The third kappa shape index (κ3) is 7.48. The lowest BCUT2D eigenvalue weighted by molar-refractivity contribution is -0.140. The summed E-state index contributed by atoms with van der Waals surface area (Å²) < 4.78 is 47.3.